The van der Waals surface area contributed by atoms with E-state index in [1.165, 1.54) is 29.2 Å². The van der Waals surface area contributed by atoms with Crippen molar-refractivity contribution in [1.82, 2.24) is 4.90 Å². The number of benzene rings is 2. The van der Waals surface area contributed by atoms with Crippen molar-refractivity contribution >= 4 is 23.1 Å². The van der Waals surface area contributed by atoms with Gasteiger partial charge in [0.05, 0.1) is 22.6 Å². The number of nitro benzene ring substituents is 1. The zero-order valence-electron chi connectivity index (χ0n) is 17.4. The maximum absolute atomic E-state index is 12.9. The number of carbonyl (C=O) groups is 2. The quantitative estimate of drug-likeness (QED) is 0.172. The summed E-state index contributed by atoms with van der Waals surface area (Å²) < 4.78 is 5.54. The van der Waals surface area contributed by atoms with Crippen LogP contribution in [-0.4, -0.2) is 45.9 Å². The fourth-order valence-electron chi connectivity index (χ4n) is 3.57. The third kappa shape index (κ3) is 4.80. The van der Waals surface area contributed by atoms with Crippen molar-refractivity contribution in [1.29, 1.82) is 0 Å². The number of aliphatic hydroxyl groups excluding tert-OH is 1. The van der Waals surface area contributed by atoms with E-state index >= 15 is 0 Å². The number of hydrogen-bond donors (Lipinski definition) is 1. The van der Waals surface area contributed by atoms with E-state index < -0.39 is 28.4 Å². The summed E-state index contributed by atoms with van der Waals surface area (Å²) in [4.78, 5) is 37.7. The molecule has 2 aromatic rings. The van der Waals surface area contributed by atoms with Crippen LogP contribution in [-0.2, 0) is 14.3 Å². The molecule has 0 saturated carbocycles. The number of Topliss-reactive ketones (excluding diaryl/α,β-unsaturated/α-hetero) is 1. The highest BCUT2D eigenvalue weighted by Crippen LogP contribution is 2.39. The van der Waals surface area contributed by atoms with E-state index in [9.17, 15) is 24.8 Å². The maximum atomic E-state index is 12.9. The lowest BCUT2D eigenvalue weighted by Crippen LogP contribution is -2.31. The minimum absolute atomic E-state index is 0.0502. The molecule has 0 radical (unpaired) electrons. The van der Waals surface area contributed by atoms with E-state index in [1.807, 2.05) is 19.9 Å². The van der Waals surface area contributed by atoms with Crippen LogP contribution in [0.5, 0.6) is 0 Å². The number of ketones is 1. The molecule has 0 aromatic heterocycles. The molecule has 8 heteroatoms. The van der Waals surface area contributed by atoms with Crippen LogP contribution in [0.4, 0.5) is 5.69 Å². The summed E-state index contributed by atoms with van der Waals surface area (Å²) in [7, 11) is 0. The van der Waals surface area contributed by atoms with E-state index in [0.29, 0.717) is 18.6 Å². The number of hydrogen-bond acceptors (Lipinski definition) is 6. The Morgan fingerprint density at radius 1 is 1.16 bits per heavy atom. The zero-order chi connectivity index (χ0) is 22.5. The minimum atomic E-state index is -0.817. The SMILES string of the molecule is CC(C)OCCCN1C(=O)C(=O)C(=C(O)c2cccc([N+](=O)[O-])c2)[C@H]1c1ccccc1. The largest absolute Gasteiger partial charge is 0.507 e. The first-order valence-corrected chi connectivity index (χ1v) is 10.0. The van der Waals surface area contributed by atoms with Crippen molar-refractivity contribution in [3.63, 3.8) is 0 Å². The molecule has 3 rings (SSSR count). The second-order valence-corrected chi connectivity index (χ2v) is 7.48. The lowest BCUT2D eigenvalue weighted by Gasteiger charge is -2.25. The predicted molar refractivity (Wildman–Crippen MR) is 114 cm³/mol. The van der Waals surface area contributed by atoms with Crippen LogP contribution in [0.15, 0.2) is 60.2 Å². The molecule has 1 saturated heterocycles. The van der Waals surface area contributed by atoms with Gasteiger partial charge in [-0.25, -0.2) is 0 Å². The Morgan fingerprint density at radius 2 is 1.87 bits per heavy atom. The Balaban J connectivity index is 2.04. The average Bonchev–Trinajstić information content (AvgIpc) is 3.01. The van der Waals surface area contributed by atoms with Gasteiger partial charge >= 0.3 is 0 Å². The first kappa shape index (κ1) is 22.2. The lowest BCUT2D eigenvalue weighted by atomic mass is 9.95. The number of nitrogens with zero attached hydrogens (tertiary/aromatic N) is 2. The van der Waals surface area contributed by atoms with Gasteiger partial charge < -0.3 is 14.7 Å². The first-order valence-electron chi connectivity index (χ1n) is 10.0. The molecule has 8 nitrogen and oxygen atoms in total. The molecule has 1 aliphatic rings. The molecular weight excluding hydrogens is 400 g/mol. The number of non-ortho nitro benzene ring substituents is 1. The Labute approximate surface area is 179 Å². The van der Waals surface area contributed by atoms with Gasteiger partial charge in [-0.15, -0.1) is 0 Å². The second-order valence-electron chi connectivity index (χ2n) is 7.48. The average molecular weight is 424 g/mol. The van der Waals surface area contributed by atoms with Crippen molar-refractivity contribution in [2.24, 2.45) is 0 Å². The van der Waals surface area contributed by atoms with Gasteiger partial charge in [0.2, 0.25) is 0 Å². The van der Waals surface area contributed by atoms with Gasteiger partial charge in [0.25, 0.3) is 17.4 Å². The highest BCUT2D eigenvalue weighted by atomic mass is 16.6. The predicted octanol–water partition coefficient (Wildman–Crippen LogP) is 3.83. The Bertz CT molecular complexity index is 1020. The summed E-state index contributed by atoms with van der Waals surface area (Å²) in [5, 5.41) is 22.1. The van der Waals surface area contributed by atoms with Crippen molar-refractivity contribution in [2.45, 2.75) is 32.4 Å². The number of nitro groups is 1. The molecular formula is C23H24N2O6. The third-order valence-corrected chi connectivity index (χ3v) is 4.98. The van der Waals surface area contributed by atoms with Crippen molar-refractivity contribution in [3.05, 3.63) is 81.4 Å². The lowest BCUT2D eigenvalue weighted by molar-refractivity contribution is -0.384. The zero-order valence-corrected chi connectivity index (χ0v) is 17.4. The molecule has 1 N–H and O–H groups in total. The van der Waals surface area contributed by atoms with Crippen LogP contribution in [0, 0.1) is 10.1 Å². The molecule has 1 aliphatic heterocycles. The van der Waals surface area contributed by atoms with E-state index in [4.69, 9.17) is 4.74 Å². The minimum Gasteiger partial charge on any atom is -0.507 e. The number of ether oxygens (including phenoxy) is 1. The van der Waals surface area contributed by atoms with Gasteiger partial charge in [0.1, 0.15) is 5.76 Å². The molecule has 31 heavy (non-hydrogen) atoms. The van der Waals surface area contributed by atoms with Gasteiger partial charge in [0, 0.05) is 30.8 Å². The Hall–Kier alpha value is -3.52. The highest BCUT2D eigenvalue weighted by Gasteiger charge is 2.45. The number of rotatable bonds is 8. The Kier molecular flexibility index (Phi) is 6.81. The maximum Gasteiger partial charge on any atom is 0.295 e. The van der Waals surface area contributed by atoms with Gasteiger partial charge in [-0.2, -0.15) is 0 Å². The fourth-order valence-corrected chi connectivity index (χ4v) is 3.57. The van der Waals surface area contributed by atoms with E-state index in [2.05, 4.69) is 0 Å². The second kappa shape index (κ2) is 9.53. The molecule has 0 spiro atoms. The smallest absolute Gasteiger partial charge is 0.295 e. The Morgan fingerprint density at radius 3 is 2.52 bits per heavy atom. The monoisotopic (exact) mass is 424 g/mol. The normalized spacial score (nSPS) is 18.0. The van der Waals surface area contributed by atoms with Gasteiger partial charge in [-0.1, -0.05) is 42.5 Å². The summed E-state index contributed by atoms with van der Waals surface area (Å²) in [6.45, 7) is 4.51. The fraction of sp³-hybridized carbons (Fsp3) is 0.304. The van der Waals surface area contributed by atoms with Crippen LogP contribution in [0.3, 0.4) is 0 Å². The van der Waals surface area contributed by atoms with Gasteiger partial charge in [-0.05, 0) is 25.8 Å². The van der Waals surface area contributed by atoms with Crippen LogP contribution in [0.1, 0.15) is 37.4 Å². The third-order valence-electron chi connectivity index (χ3n) is 4.98. The highest BCUT2D eigenvalue weighted by molar-refractivity contribution is 6.46. The molecule has 1 atom stereocenters. The van der Waals surface area contributed by atoms with Gasteiger partial charge in [0.15, 0.2) is 0 Å². The summed E-state index contributed by atoms with van der Waals surface area (Å²) >= 11 is 0. The summed E-state index contributed by atoms with van der Waals surface area (Å²) in [6.07, 6.45) is 0.569. The van der Waals surface area contributed by atoms with E-state index in [-0.39, 0.29) is 29.5 Å². The van der Waals surface area contributed by atoms with Crippen molar-refractivity contribution in [2.75, 3.05) is 13.2 Å². The summed E-state index contributed by atoms with van der Waals surface area (Å²) in [5.74, 6) is -1.97. The number of aliphatic hydroxyl groups is 1. The molecule has 0 aliphatic carbocycles. The first-order chi connectivity index (χ1) is 14.8. The van der Waals surface area contributed by atoms with Crippen LogP contribution < -0.4 is 0 Å². The number of carbonyl (C=O) groups excluding carboxylic acids is 2. The summed E-state index contributed by atoms with van der Waals surface area (Å²) in [5.41, 5.74) is 0.469. The number of amides is 1. The van der Waals surface area contributed by atoms with Crippen LogP contribution >= 0.6 is 0 Å². The molecule has 0 bridgehead atoms. The van der Waals surface area contributed by atoms with E-state index in [1.54, 1.807) is 24.3 Å². The number of likely N-dealkylation sites (tertiary alicyclic amines) is 1. The van der Waals surface area contributed by atoms with E-state index in [0.717, 1.165) is 0 Å². The molecule has 162 valence electrons. The van der Waals surface area contributed by atoms with Crippen molar-refractivity contribution in [3.8, 4) is 0 Å². The molecule has 1 amide bonds. The molecule has 1 fully saturated rings. The van der Waals surface area contributed by atoms with Crippen LogP contribution in [0.2, 0.25) is 0 Å². The molecule has 0 unspecified atom stereocenters. The van der Waals surface area contributed by atoms with Gasteiger partial charge in [-0.3, -0.25) is 19.7 Å². The topological polar surface area (TPSA) is 110 Å². The standard InChI is InChI=1S/C23H24N2O6/c1-15(2)31-13-7-12-24-20(16-8-4-3-5-9-16)19(22(27)23(24)28)21(26)17-10-6-11-18(14-17)25(29)30/h3-6,8-11,14-15,20,26H,7,12-13H2,1-2H3/t20-/m1/s1. The summed E-state index contributed by atoms with van der Waals surface area (Å²) in [6, 6.07) is 13.5. The van der Waals surface area contributed by atoms with Crippen molar-refractivity contribution < 1.29 is 24.4 Å². The van der Waals surface area contributed by atoms with Crippen LogP contribution in [0.25, 0.3) is 5.76 Å². The molecule has 1 heterocycles. The molecule has 2 aromatic carbocycles.